The molecule has 0 spiro atoms. The molecule has 2 aliphatic carbocycles. The Morgan fingerprint density at radius 3 is 2.75 bits per heavy atom. The summed E-state index contributed by atoms with van der Waals surface area (Å²) in [5, 5.41) is 11.0. The van der Waals surface area contributed by atoms with Gasteiger partial charge in [-0.1, -0.05) is 44.4 Å². The van der Waals surface area contributed by atoms with Gasteiger partial charge in [0.1, 0.15) is 16.7 Å². The van der Waals surface area contributed by atoms with Gasteiger partial charge >= 0.3 is 0 Å². The number of aliphatic hydroxyl groups excluding tert-OH is 1. The zero-order valence-electron chi connectivity index (χ0n) is 24.1. The molecule has 5 rings (SSSR count). The van der Waals surface area contributed by atoms with Gasteiger partial charge in [0.2, 0.25) is 0 Å². The standard InChI is InChI=1S/C32H45ClN2O4S/c1-4-6-22-15-26(33)11-13-27(22)25-18-35-17-24-9-12-28(24)30(36)8-5-7-20(2)21(3)40(38)34-32(37)23-10-14-31(39-19-25)29(35)16-23/h10-11,13-14,16,20-21,24-26,28,30,36H,4-9,12,15,17-19H2,1-3H3,(H,34,37). The summed E-state index contributed by atoms with van der Waals surface area (Å²) in [6, 6.07) is 5.57. The quantitative estimate of drug-likeness (QED) is 0.414. The van der Waals surface area contributed by atoms with Crippen LogP contribution in [0.2, 0.25) is 0 Å². The van der Waals surface area contributed by atoms with Gasteiger partial charge in [-0.15, -0.1) is 11.6 Å². The van der Waals surface area contributed by atoms with Crippen molar-refractivity contribution in [2.45, 2.75) is 88.9 Å². The van der Waals surface area contributed by atoms with Crippen LogP contribution in [0.5, 0.6) is 5.75 Å². The van der Waals surface area contributed by atoms with Crippen molar-refractivity contribution in [2.24, 2.45) is 23.7 Å². The van der Waals surface area contributed by atoms with Crippen LogP contribution >= 0.6 is 11.6 Å². The summed E-state index contributed by atoms with van der Waals surface area (Å²) < 4.78 is 22.2. The molecule has 8 heteroatoms. The number of nitrogens with one attached hydrogen (secondary N) is 1. The maximum Gasteiger partial charge on any atom is 0.263 e. The molecule has 8 unspecified atom stereocenters. The monoisotopic (exact) mass is 588 g/mol. The molecule has 1 aromatic rings. The third-order valence-corrected chi connectivity index (χ3v) is 11.5. The topological polar surface area (TPSA) is 78.9 Å². The molecule has 0 radical (unpaired) electrons. The van der Waals surface area contributed by atoms with E-state index in [4.69, 9.17) is 16.3 Å². The van der Waals surface area contributed by atoms with Gasteiger partial charge in [-0.3, -0.25) is 9.52 Å². The van der Waals surface area contributed by atoms with Crippen molar-refractivity contribution in [3.63, 3.8) is 0 Å². The molecule has 1 amide bonds. The van der Waals surface area contributed by atoms with E-state index in [-0.39, 0.29) is 40.4 Å². The lowest BCUT2D eigenvalue weighted by molar-refractivity contribution is 0.00882. The van der Waals surface area contributed by atoms with E-state index in [2.05, 4.69) is 35.6 Å². The van der Waals surface area contributed by atoms with Gasteiger partial charge in [0.05, 0.1) is 29.0 Å². The molecule has 8 atom stereocenters. The highest BCUT2D eigenvalue weighted by atomic mass is 35.5. The Hall–Kier alpha value is -1.83. The lowest BCUT2D eigenvalue weighted by Gasteiger charge is -2.43. The summed E-state index contributed by atoms with van der Waals surface area (Å²) in [4.78, 5) is 15.6. The van der Waals surface area contributed by atoms with E-state index in [0.717, 1.165) is 75.9 Å². The number of rotatable bonds is 3. The van der Waals surface area contributed by atoms with Gasteiger partial charge in [-0.25, -0.2) is 4.21 Å². The third-order valence-electron chi connectivity index (χ3n) is 9.69. The van der Waals surface area contributed by atoms with Crippen LogP contribution in [0.4, 0.5) is 5.69 Å². The highest BCUT2D eigenvalue weighted by Gasteiger charge is 2.39. The van der Waals surface area contributed by atoms with Crippen LogP contribution in [0, 0.1) is 23.7 Å². The van der Waals surface area contributed by atoms with Crippen molar-refractivity contribution in [2.75, 3.05) is 24.6 Å². The molecule has 2 N–H and O–H groups in total. The van der Waals surface area contributed by atoms with Gasteiger partial charge in [0.15, 0.2) is 0 Å². The first-order chi connectivity index (χ1) is 19.2. The van der Waals surface area contributed by atoms with Crippen LogP contribution in [0.15, 0.2) is 41.5 Å². The summed E-state index contributed by atoms with van der Waals surface area (Å²) in [6.07, 6.45) is 11.7. The fourth-order valence-corrected chi connectivity index (χ4v) is 8.18. The number of carbonyl (C=O) groups is 1. The summed E-state index contributed by atoms with van der Waals surface area (Å²) in [5.41, 5.74) is 4.15. The zero-order valence-corrected chi connectivity index (χ0v) is 25.7. The van der Waals surface area contributed by atoms with Crippen molar-refractivity contribution in [1.82, 2.24) is 4.72 Å². The fraction of sp³-hybridized carbons (Fsp3) is 0.656. The summed E-state index contributed by atoms with van der Waals surface area (Å²) >= 11 is 6.52. The summed E-state index contributed by atoms with van der Waals surface area (Å²) in [7, 11) is -1.49. The number of nitrogens with zero attached hydrogens (tertiary/aromatic N) is 1. The fourth-order valence-electron chi connectivity index (χ4n) is 6.88. The molecule has 1 aromatic carbocycles. The van der Waals surface area contributed by atoms with E-state index in [1.54, 1.807) is 6.07 Å². The number of hydrogen-bond donors (Lipinski definition) is 2. The molecule has 6 nitrogen and oxygen atoms in total. The predicted octanol–water partition coefficient (Wildman–Crippen LogP) is 6.15. The highest BCUT2D eigenvalue weighted by molar-refractivity contribution is 7.84. The maximum absolute atomic E-state index is 13.2. The van der Waals surface area contributed by atoms with Crippen molar-refractivity contribution < 1.29 is 18.8 Å². The van der Waals surface area contributed by atoms with Crippen molar-refractivity contribution in [1.29, 1.82) is 0 Å². The summed E-state index contributed by atoms with van der Waals surface area (Å²) in [5.74, 6) is 1.49. The molecule has 40 heavy (non-hydrogen) atoms. The molecule has 2 heterocycles. The molecule has 1 fully saturated rings. The average molecular weight is 589 g/mol. The van der Waals surface area contributed by atoms with E-state index in [0.29, 0.717) is 18.1 Å². The second-order valence-electron chi connectivity index (χ2n) is 12.4. The van der Waals surface area contributed by atoms with Crippen LogP contribution in [-0.2, 0) is 11.0 Å². The number of fused-ring (bicyclic) bond motifs is 2. The number of alkyl halides is 1. The third kappa shape index (κ3) is 6.47. The number of aliphatic hydroxyl groups is 1. The Morgan fingerprint density at radius 1 is 1.18 bits per heavy atom. The second-order valence-corrected chi connectivity index (χ2v) is 14.5. The van der Waals surface area contributed by atoms with Crippen LogP contribution in [-0.4, -0.2) is 51.6 Å². The van der Waals surface area contributed by atoms with Crippen LogP contribution in [0.1, 0.15) is 82.5 Å². The Bertz CT molecular complexity index is 1170. The van der Waals surface area contributed by atoms with E-state index >= 15 is 0 Å². The minimum atomic E-state index is -1.49. The number of halogens is 1. The number of benzene rings is 1. The van der Waals surface area contributed by atoms with E-state index in [9.17, 15) is 14.1 Å². The van der Waals surface area contributed by atoms with Crippen molar-refractivity contribution in [3.8, 4) is 5.75 Å². The van der Waals surface area contributed by atoms with Crippen LogP contribution < -0.4 is 14.4 Å². The number of amides is 1. The van der Waals surface area contributed by atoms with E-state index in [1.807, 2.05) is 19.1 Å². The molecule has 220 valence electrons. The number of hydrogen-bond acceptors (Lipinski definition) is 5. The summed E-state index contributed by atoms with van der Waals surface area (Å²) in [6.45, 7) is 8.38. The maximum atomic E-state index is 13.2. The molecule has 4 aliphatic rings. The van der Waals surface area contributed by atoms with Gasteiger partial charge in [-0.05, 0) is 87.0 Å². The minimum absolute atomic E-state index is 0.0340. The van der Waals surface area contributed by atoms with Crippen molar-refractivity contribution in [3.05, 3.63) is 47.1 Å². The highest BCUT2D eigenvalue weighted by Crippen LogP contribution is 2.43. The van der Waals surface area contributed by atoms with Gasteiger partial charge in [0.25, 0.3) is 5.91 Å². The Kier molecular flexibility index (Phi) is 9.64. The molecule has 2 aliphatic heterocycles. The molecule has 1 saturated carbocycles. The van der Waals surface area contributed by atoms with Gasteiger partial charge in [-0.2, -0.15) is 0 Å². The largest absolute Gasteiger partial charge is 0.491 e. The Balaban J connectivity index is 1.49. The molecular weight excluding hydrogens is 544 g/mol. The van der Waals surface area contributed by atoms with Gasteiger partial charge in [0, 0.05) is 24.6 Å². The zero-order chi connectivity index (χ0) is 28.4. The van der Waals surface area contributed by atoms with Gasteiger partial charge < -0.3 is 14.7 Å². The lowest BCUT2D eigenvalue weighted by atomic mass is 9.69. The average Bonchev–Trinajstić information content (AvgIpc) is 3.09. The van der Waals surface area contributed by atoms with Crippen molar-refractivity contribution >= 4 is 34.2 Å². The number of carbonyl (C=O) groups excluding carboxylic acids is 1. The molecular formula is C32H45ClN2O4S. The first-order valence-corrected chi connectivity index (χ1v) is 16.9. The van der Waals surface area contributed by atoms with E-state index < -0.39 is 11.0 Å². The normalized spacial score (nSPS) is 35.2. The number of anilines is 1. The molecule has 0 saturated heterocycles. The first kappa shape index (κ1) is 29.7. The van der Waals surface area contributed by atoms with Crippen LogP contribution in [0.25, 0.3) is 0 Å². The van der Waals surface area contributed by atoms with Crippen LogP contribution in [0.3, 0.4) is 0 Å². The van der Waals surface area contributed by atoms with E-state index in [1.165, 1.54) is 11.1 Å². The minimum Gasteiger partial charge on any atom is -0.491 e. The Morgan fingerprint density at radius 2 is 2.00 bits per heavy atom. The molecule has 2 bridgehead atoms. The predicted molar refractivity (Wildman–Crippen MR) is 163 cm³/mol. The lowest BCUT2D eigenvalue weighted by Crippen LogP contribution is -2.45. The number of allylic oxidation sites excluding steroid dienone is 3. The SMILES string of the molecule is CCCC1=C(C2COc3ccc4cc3N(C2)CC2CCC2C(O)CCCC(C)C(C)S(=O)NC4=O)C=CC(Cl)C1. The smallest absolute Gasteiger partial charge is 0.263 e. The number of ether oxygens (including phenoxy) is 1. The second kappa shape index (κ2) is 13.0. The Labute approximate surface area is 247 Å². The first-order valence-electron chi connectivity index (χ1n) is 15.2. The molecule has 0 aromatic heterocycles.